The molecule has 3 N–H and O–H groups in total. The molecule has 27 heavy (non-hydrogen) atoms. The van der Waals surface area contributed by atoms with Crippen LogP contribution in [0, 0.1) is 5.82 Å². The van der Waals surface area contributed by atoms with Crippen molar-refractivity contribution in [2.75, 3.05) is 5.32 Å². The van der Waals surface area contributed by atoms with Crippen molar-refractivity contribution in [1.29, 1.82) is 0 Å². The fourth-order valence-electron chi connectivity index (χ4n) is 2.87. The van der Waals surface area contributed by atoms with Gasteiger partial charge in [0.2, 0.25) is 0 Å². The van der Waals surface area contributed by atoms with Gasteiger partial charge in [0, 0.05) is 17.0 Å². The summed E-state index contributed by atoms with van der Waals surface area (Å²) in [4.78, 5) is 17.4. The maximum atomic E-state index is 13.7. The lowest BCUT2D eigenvalue weighted by Gasteiger charge is -2.13. The number of fused-ring (bicyclic) bond motifs is 1. The van der Waals surface area contributed by atoms with Gasteiger partial charge in [-0.3, -0.25) is 20.6 Å². The number of benzene rings is 2. The third-order valence-electron chi connectivity index (χ3n) is 4.39. The number of anilines is 1. The highest BCUT2D eigenvalue weighted by Crippen LogP contribution is 2.40. The zero-order valence-corrected chi connectivity index (χ0v) is 15.1. The molecule has 1 amide bonds. The number of carbonyl (C=O) groups is 1. The van der Waals surface area contributed by atoms with Gasteiger partial charge in [-0.25, -0.2) is 4.39 Å². The summed E-state index contributed by atoms with van der Waals surface area (Å²) in [5, 5.41) is 3.58. The molecule has 1 aliphatic rings. The van der Waals surface area contributed by atoms with Crippen LogP contribution in [0.5, 0.6) is 0 Å². The highest BCUT2D eigenvalue weighted by Gasteiger charge is 2.27. The van der Waals surface area contributed by atoms with Crippen molar-refractivity contribution in [2.24, 2.45) is 0 Å². The lowest BCUT2D eigenvalue weighted by Crippen LogP contribution is -2.44. The number of halogens is 1. The molecule has 2 aromatic carbocycles. The van der Waals surface area contributed by atoms with Gasteiger partial charge >= 0.3 is 0 Å². The van der Waals surface area contributed by atoms with E-state index in [0.717, 1.165) is 29.4 Å². The molecule has 0 aliphatic heterocycles. The van der Waals surface area contributed by atoms with Crippen LogP contribution in [0.1, 0.15) is 34.8 Å². The Morgan fingerprint density at radius 3 is 2.59 bits per heavy atom. The van der Waals surface area contributed by atoms with Gasteiger partial charge in [-0.15, -0.1) is 0 Å². The second-order valence-electron chi connectivity index (χ2n) is 6.40. The highest BCUT2D eigenvalue weighted by atomic mass is 32.1. The number of hydrazine groups is 1. The molecule has 0 spiro atoms. The molecule has 1 fully saturated rings. The van der Waals surface area contributed by atoms with Gasteiger partial charge in [0.25, 0.3) is 5.91 Å². The first-order valence-corrected chi connectivity index (χ1v) is 9.04. The fraction of sp³-hybridized carbons (Fsp3) is 0.150. The third-order valence-corrected chi connectivity index (χ3v) is 4.59. The first kappa shape index (κ1) is 17.4. The van der Waals surface area contributed by atoms with E-state index in [9.17, 15) is 9.18 Å². The van der Waals surface area contributed by atoms with Crippen LogP contribution in [0.2, 0.25) is 0 Å². The van der Waals surface area contributed by atoms with E-state index in [4.69, 9.17) is 12.2 Å². The summed E-state index contributed by atoms with van der Waals surface area (Å²) >= 11 is 5.12. The Morgan fingerprint density at radius 1 is 1.07 bits per heavy atom. The van der Waals surface area contributed by atoms with E-state index in [1.54, 1.807) is 18.2 Å². The van der Waals surface area contributed by atoms with E-state index in [1.807, 2.05) is 30.3 Å². The number of rotatable bonds is 3. The van der Waals surface area contributed by atoms with Crippen LogP contribution in [-0.4, -0.2) is 16.0 Å². The number of nitrogens with zero attached hydrogens (tertiary/aromatic N) is 1. The van der Waals surface area contributed by atoms with Gasteiger partial charge in [0.1, 0.15) is 5.82 Å². The van der Waals surface area contributed by atoms with Crippen molar-refractivity contribution in [2.45, 2.75) is 18.8 Å². The van der Waals surface area contributed by atoms with Crippen LogP contribution < -0.4 is 16.2 Å². The summed E-state index contributed by atoms with van der Waals surface area (Å²) in [6.45, 7) is 0. The van der Waals surface area contributed by atoms with Crippen LogP contribution >= 0.6 is 12.2 Å². The summed E-state index contributed by atoms with van der Waals surface area (Å²) in [5.74, 6) is -0.326. The third kappa shape index (κ3) is 3.88. The quantitative estimate of drug-likeness (QED) is 0.475. The van der Waals surface area contributed by atoms with Gasteiger partial charge < -0.3 is 5.32 Å². The topological polar surface area (TPSA) is 66.1 Å². The lowest BCUT2D eigenvalue weighted by atomic mass is 10.1. The van der Waals surface area contributed by atoms with Crippen molar-refractivity contribution in [3.05, 3.63) is 71.7 Å². The van der Waals surface area contributed by atoms with Crippen molar-refractivity contribution in [3.8, 4) is 0 Å². The second kappa shape index (κ2) is 7.28. The molecule has 0 unspecified atom stereocenters. The lowest BCUT2D eigenvalue weighted by molar-refractivity contribution is 0.0945. The van der Waals surface area contributed by atoms with Gasteiger partial charge in [-0.05, 0) is 49.3 Å². The Kier molecular flexibility index (Phi) is 4.68. The zero-order chi connectivity index (χ0) is 18.8. The Bertz CT molecular complexity index is 1040. The number of aromatic nitrogens is 1. The van der Waals surface area contributed by atoms with E-state index >= 15 is 0 Å². The van der Waals surface area contributed by atoms with E-state index in [1.165, 1.54) is 6.07 Å². The van der Waals surface area contributed by atoms with E-state index in [2.05, 4.69) is 21.2 Å². The predicted molar refractivity (Wildman–Crippen MR) is 107 cm³/mol. The van der Waals surface area contributed by atoms with Gasteiger partial charge in [0.05, 0.1) is 16.8 Å². The summed E-state index contributed by atoms with van der Waals surface area (Å²) in [5.41, 5.74) is 7.68. The molecule has 0 bridgehead atoms. The minimum atomic E-state index is -0.429. The first-order valence-electron chi connectivity index (χ1n) is 8.63. The number of thiocarbonyl (C=S) groups is 1. The molecule has 1 saturated carbocycles. The highest BCUT2D eigenvalue weighted by molar-refractivity contribution is 7.80. The van der Waals surface area contributed by atoms with Crippen molar-refractivity contribution in [1.82, 2.24) is 15.8 Å². The second-order valence-corrected chi connectivity index (χ2v) is 6.81. The van der Waals surface area contributed by atoms with Crippen LogP contribution in [0.4, 0.5) is 10.1 Å². The van der Waals surface area contributed by atoms with Crippen LogP contribution in [0.3, 0.4) is 0 Å². The number of hydrogen-bond acceptors (Lipinski definition) is 3. The van der Waals surface area contributed by atoms with E-state index in [0.29, 0.717) is 11.5 Å². The molecule has 136 valence electrons. The molecule has 3 aromatic rings. The van der Waals surface area contributed by atoms with Gasteiger partial charge in [-0.2, -0.15) is 0 Å². The van der Waals surface area contributed by atoms with E-state index < -0.39 is 5.82 Å². The number of carbonyl (C=O) groups excluding carboxylic acids is 1. The predicted octanol–water partition coefficient (Wildman–Crippen LogP) is 3.88. The normalized spacial score (nSPS) is 13.2. The molecule has 5 nitrogen and oxygen atoms in total. The summed E-state index contributed by atoms with van der Waals surface area (Å²) in [6, 6.07) is 15.5. The smallest absolute Gasteiger partial charge is 0.270 e. The first-order chi connectivity index (χ1) is 13.1. The van der Waals surface area contributed by atoms with Crippen molar-refractivity contribution >= 4 is 39.8 Å². The molecular weight excluding hydrogens is 363 g/mol. The van der Waals surface area contributed by atoms with Crippen LogP contribution in [0.25, 0.3) is 10.9 Å². The fourth-order valence-corrected chi connectivity index (χ4v) is 3.03. The Balaban J connectivity index is 1.50. The van der Waals surface area contributed by atoms with Crippen LogP contribution in [-0.2, 0) is 0 Å². The standard InChI is InChI=1S/C20H17FN4OS/c21-15-6-2-4-8-17(15)23-20(27)25-24-19(26)14-11-18(12-9-10-12)22-16-7-3-1-5-13(14)16/h1-8,11-12H,9-10H2,(H,24,26)(H2,23,25,27). The molecular formula is C20H17FN4OS. The summed E-state index contributed by atoms with van der Waals surface area (Å²) in [7, 11) is 0. The molecule has 1 aliphatic carbocycles. The maximum absolute atomic E-state index is 13.7. The average molecular weight is 380 g/mol. The Hall–Kier alpha value is -3.06. The van der Waals surface area contributed by atoms with Crippen molar-refractivity contribution < 1.29 is 9.18 Å². The minimum Gasteiger partial charge on any atom is -0.329 e. The Morgan fingerprint density at radius 2 is 1.81 bits per heavy atom. The average Bonchev–Trinajstić information content (AvgIpc) is 3.52. The molecule has 4 rings (SSSR count). The maximum Gasteiger partial charge on any atom is 0.270 e. The van der Waals surface area contributed by atoms with E-state index in [-0.39, 0.29) is 16.7 Å². The molecule has 0 atom stereocenters. The number of pyridine rings is 1. The summed E-state index contributed by atoms with van der Waals surface area (Å²) < 4.78 is 13.7. The monoisotopic (exact) mass is 380 g/mol. The molecule has 0 radical (unpaired) electrons. The number of amides is 1. The number of hydrogen-bond donors (Lipinski definition) is 3. The molecule has 1 heterocycles. The number of para-hydroxylation sites is 2. The minimum absolute atomic E-state index is 0.0919. The SMILES string of the molecule is O=C(NNC(=S)Nc1ccccc1F)c1cc(C2CC2)nc2ccccc12. The Labute approximate surface area is 161 Å². The zero-order valence-electron chi connectivity index (χ0n) is 14.3. The van der Waals surface area contributed by atoms with Crippen LogP contribution in [0.15, 0.2) is 54.6 Å². The molecule has 0 saturated heterocycles. The molecule has 1 aromatic heterocycles. The van der Waals surface area contributed by atoms with Gasteiger partial charge in [-0.1, -0.05) is 30.3 Å². The summed E-state index contributed by atoms with van der Waals surface area (Å²) in [6.07, 6.45) is 2.20. The largest absolute Gasteiger partial charge is 0.329 e. The molecule has 7 heteroatoms. The number of nitrogens with one attached hydrogen (secondary N) is 3. The van der Waals surface area contributed by atoms with Gasteiger partial charge in [0.15, 0.2) is 5.11 Å². The van der Waals surface area contributed by atoms with Crippen molar-refractivity contribution in [3.63, 3.8) is 0 Å².